The van der Waals surface area contributed by atoms with E-state index in [0.717, 1.165) is 12.8 Å². The Morgan fingerprint density at radius 1 is 1.38 bits per heavy atom. The van der Waals surface area contributed by atoms with Gasteiger partial charge in [-0.25, -0.2) is 0 Å². The van der Waals surface area contributed by atoms with Gasteiger partial charge in [0.2, 0.25) is 5.91 Å². The number of amides is 1. The molecule has 16 heavy (non-hydrogen) atoms. The van der Waals surface area contributed by atoms with E-state index in [1.165, 1.54) is 12.8 Å². The lowest BCUT2D eigenvalue weighted by Crippen LogP contribution is -2.41. The van der Waals surface area contributed by atoms with E-state index >= 15 is 0 Å². The van der Waals surface area contributed by atoms with Crippen LogP contribution in [0.2, 0.25) is 0 Å². The third kappa shape index (κ3) is 7.12. The minimum Gasteiger partial charge on any atom is -0.395 e. The van der Waals surface area contributed by atoms with Crippen LogP contribution < -0.4 is 5.32 Å². The minimum atomic E-state index is 0.0404. The van der Waals surface area contributed by atoms with Crippen LogP contribution in [0.1, 0.15) is 46.0 Å². The summed E-state index contributed by atoms with van der Waals surface area (Å²) in [7, 11) is 0. The number of aliphatic hydroxyl groups excluding tert-OH is 1. The molecule has 0 radical (unpaired) electrons. The van der Waals surface area contributed by atoms with Crippen molar-refractivity contribution in [1.29, 1.82) is 0 Å². The number of unbranched alkanes of at least 4 members (excludes halogenated alkanes) is 3. The number of carbonyl (C=O) groups excluding carboxylic acids is 1. The van der Waals surface area contributed by atoms with Crippen molar-refractivity contribution in [3.8, 4) is 0 Å². The van der Waals surface area contributed by atoms with Gasteiger partial charge < -0.3 is 10.4 Å². The highest BCUT2D eigenvalue weighted by atomic mass is 32.2. The second kappa shape index (κ2) is 9.97. The highest BCUT2D eigenvalue weighted by Crippen LogP contribution is 2.10. The van der Waals surface area contributed by atoms with Crippen LogP contribution in [0.5, 0.6) is 0 Å². The SMILES string of the molecule is CCCCCCC(=O)NC(C)C(CO)SC. The molecule has 0 rings (SSSR count). The van der Waals surface area contributed by atoms with Gasteiger partial charge in [0.15, 0.2) is 0 Å². The zero-order valence-electron chi connectivity index (χ0n) is 10.7. The van der Waals surface area contributed by atoms with Crippen molar-refractivity contribution in [2.75, 3.05) is 12.9 Å². The van der Waals surface area contributed by atoms with Crippen molar-refractivity contribution in [1.82, 2.24) is 5.32 Å². The van der Waals surface area contributed by atoms with Gasteiger partial charge in [-0.3, -0.25) is 4.79 Å². The van der Waals surface area contributed by atoms with E-state index in [0.29, 0.717) is 6.42 Å². The van der Waals surface area contributed by atoms with Crippen LogP contribution in [-0.2, 0) is 4.79 Å². The number of hydrogen-bond acceptors (Lipinski definition) is 3. The van der Waals surface area contributed by atoms with E-state index in [1.54, 1.807) is 11.8 Å². The first-order valence-corrected chi connectivity index (χ1v) is 7.37. The Hall–Kier alpha value is -0.220. The van der Waals surface area contributed by atoms with Gasteiger partial charge in [-0.15, -0.1) is 0 Å². The van der Waals surface area contributed by atoms with E-state index in [4.69, 9.17) is 5.11 Å². The van der Waals surface area contributed by atoms with Crippen LogP contribution in [0.25, 0.3) is 0 Å². The maximum Gasteiger partial charge on any atom is 0.220 e. The Balaban J connectivity index is 3.68. The lowest BCUT2D eigenvalue weighted by molar-refractivity contribution is -0.121. The molecular formula is C12H25NO2S. The van der Waals surface area contributed by atoms with Crippen molar-refractivity contribution in [2.45, 2.75) is 57.2 Å². The van der Waals surface area contributed by atoms with Crippen molar-refractivity contribution >= 4 is 17.7 Å². The fourth-order valence-corrected chi connectivity index (χ4v) is 2.19. The Morgan fingerprint density at radius 3 is 2.56 bits per heavy atom. The standard InChI is InChI=1S/C12H25NO2S/c1-4-5-6-7-8-12(15)13-10(2)11(9-14)16-3/h10-11,14H,4-9H2,1-3H3,(H,13,15). The van der Waals surface area contributed by atoms with Crippen molar-refractivity contribution in [2.24, 2.45) is 0 Å². The van der Waals surface area contributed by atoms with E-state index in [9.17, 15) is 4.79 Å². The molecule has 0 saturated heterocycles. The molecule has 0 aliphatic heterocycles. The van der Waals surface area contributed by atoms with Crippen LogP contribution in [0, 0.1) is 0 Å². The van der Waals surface area contributed by atoms with Gasteiger partial charge in [-0.2, -0.15) is 11.8 Å². The van der Waals surface area contributed by atoms with Crippen LogP contribution in [0.4, 0.5) is 0 Å². The first kappa shape index (κ1) is 15.8. The molecular weight excluding hydrogens is 222 g/mol. The van der Waals surface area contributed by atoms with Gasteiger partial charge in [-0.1, -0.05) is 26.2 Å². The third-order valence-electron chi connectivity index (χ3n) is 2.69. The number of aliphatic hydroxyl groups is 1. The summed E-state index contributed by atoms with van der Waals surface area (Å²) in [6.07, 6.45) is 7.05. The number of nitrogens with one attached hydrogen (secondary N) is 1. The van der Waals surface area contributed by atoms with E-state index in [-0.39, 0.29) is 23.8 Å². The molecule has 0 bridgehead atoms. The third-order valence-corrected chi connectivity index (χ3v) is 3.85. The fraction of sp³-hybridized carbons (Fsp3) is 0.917. The van der Waals surface area contributed by atoms with Gasteiger partial charge in [0.05, 0.1) is 6.61 Å². The molecule has 0 spiro atoms. The maximum atomic E-state index is 11.6. The Kier molecular flexibility index (Phi) is 9.83. The zero-order chi connectivity index (χ0) is 12.4. The predicted molar refractivity (Wildman–Crippen MR) is 70.8 cm³/mol. The smallest absolute Gasteiger partial charge is 0.220 e. The average molecular weight is 247 g/mol. The molecule has 4 heteroatoms. The summed E-state index contributed by atoms with van der Waals surface area (Å²) >= 11 is 1.59. The summed E-state index contributed by atoms with van der Waals surface area (Å²) in [5.41, 5.74) is 0. The molecule has 0 fully saturated rings. The second-order valence-corrected chi connectivity index (χ2v) is 5.20. The monoisotopic (exact) mass is 247 g/mol. The summed E-state index contributed by atoms with van der Waals surface area (Å²) in [6.45, 7) is 4.21. The molecule has 0 aliphatic carbocycles. The molecule has 2 N–H and O–H groups in total. The minimum absolute atomic E-state index is 0.0404. The number of rotatable bonds is 9. The summed E-state index contributed by atoms with van der Waals surface area (Å²) in [5, 5.41) is 12.1. The van der Waals surface area contributed by atoms with Crippen LogP contribution in [-0.4, -0.2) is 35.2 Å². The fourth-order valence-electron chi connectivity index (χ4n) is 1.57. The van der Waals surface area contributed by atoms with Crippen molar-refractivity contribution in [3.63, 3.8) is 0 Å². The molecule has 0 aromatic rings. The van der Waals surface area contributed by atoms with E-state index in [1.807, 2.05) is 13.2 Å². The number of thioether (sulfide) groups is 1. The van der Waals surface area contributed by atoms with E-state index in [2.05, 4.69) is 12.2 Å². The predicted octanol–water partition coefficient (Wildman–Crippen LogP) is 2.19. The summed E-state index contributed by atoms with van der Waals surface area (Å²) in [5.74, 6) is 0.108. The molecule has 2 atom stereocenters. The van der Waals surface area contributed by atoms with Crippen molar-refractivity contribution < 1.29 is 9.90 Å². The highest BCUT2D eigenvalue weighted by Gasteiger charge is 2.16. The van der Waals surface area contributed by atoms with E-state index < -0.39 is 0 Å². The summed E-state index contributed by atoms with van der Waals surface area (Å²) in [6, 6.07) is 0.0404. The Labute approximate surface area is 103 Å². The molecule has 0 saturated carbocycles. The Morgan fingerprint density at radius 2 is 2.06 bits per heavy atom. The van der Waals surface area contributed by atoms with Gasteiger partial charge in [0, 0.05) is 17.7 Å². The summed E-state index contributed by atoms with van der Waals surface area (Å²) < 4.78 is 0. The molecule has 0 aliphatic rings. The number of carbonyl (C=O) groups is 1. The van der Waals surface area contributed by atoms with Crippen LogP contribution in [0.15, 0.2) is 0 Å². The zero-order valence-corrected chi connectivity index (χ0v) is 11.5. The molecule has 1 amide bonds. The molecule has 96 valence electrons. The first-order valence-electron chi connectivity index (χ1n) is 6.08. The lowest BCUT2D eigenvalue weighted by atomic mass is 10.1. The largest absolute Gasteiger partial charge is 0.395 e. The van der Waals surface area contributed by atoms with Crippen molar-refractivity contribution in [3.05, 3.63) is 0 Å². The van der Waals surface area contributed by atoms with Gasteiger partial charge in [0.1, 0.15) is 0 Å². The second-order valence-electron chi connectivity index (χ2n) is 4.12. The average Bonchev–Trinajstić information content (AvgIpc) is 2.26. The number of hydrogen-bond donors (Lipinski definition) is 2. The normalized spacial score (nSPS) is 14.5. The highest BCUT2D eigenvalue weighted by molar-refractivity contribution is 7.99. The molecule has 0 aromatic carbocycles. The maximum absolute atomic E-state index is 11.6. The lowest BCUT2D eigenvalue weighted by Gasteiger charge is -2.21. The quantitative estimate of drug-likeness (QED) is 0.614. The first-order chi connectivity index (χ1) is 7.65. The van der Waals surface area contributed by atoms with Crippen LogP contribution in [0.3, 0.4) is 0 Å². The summed E-state index contributed by atoms with van der Waals surface area (Å²) in [4.78, 5) is 11.6. The molecule has 0 heterocycles. The van der Waals surface area contributed by atoms with Crippen LogP contribution >= 0.6 is 11.8 Å². The molecule has 0 aromatic heterocycles. The van der Waals surface area contributed by atoms with Gasteiger partial charge in [-0.05, 0) is 19.6 Å². The van der Waals surface area contributed by atoms with Gasteiger partial charge in [0.25, 0.3) is 0 Å². The molecule has 2 unspecified atom stereocenters. The Bertz CT molecular complexity index is 184. The topological polar surface area (TPSA) is 49.3 Å². The van der Waals surface area contributed by atoms with Gasteiger partial charge >= 0.3 is 0 Å². The molecule has 3 nitrogen and oxygen atoms in total.